The Morgan fingerprint density at radius 3 is 3.11 bits per heavy atom. The number of aromatic nitrogens is 4. The molecule has 3 heterocycles. The minimum Gasteiger partial charge on any atom is -0.460 e. The number of aromatic amines is 1. The second-order valence-corrected chi connectivity index (χ2v) is 4.61. The fourth-order valence-electron chi connectivity index (χ4n) is 1.65. The van der Waals surface area contributed by atoms with Gasteiger partial charge >= 0.3 is 0 Å². The first-order valence-corrected chi connectivity index (χ1v) is 6.30. The molecule has 0 unspecified atom stereocenters. The summed E-state index contributed by atoms with van der Waals surface area (Å²) in [6.07, 6.45) is 1.78. The van der Waals surface area contributed by atoms with Crippen molar-refractivity contribution in [2.45, 2.75) is 13.5 Å². The zero-order valence-electron chi connectivity index (χ0n) is 9.67. The zero-order chi connectivity index (χ0) is 12.4. The Labute approximate surface area is 107 Å². The highest BCUT2D eigenvalue weighted by Gasteiger charge is 2.11. The van der Waals surface area contributed by atoms with Gasteiger partial charge in [-0.1, -0.05) is 11.3 Å². The summed E-state index contributed by atoms with van der Waals surface area (Å²) in [5.41, 5.74) is 3.61. The van der Waals surface area contributed by atoms with E-state index >= 15 is 0 Å². The van der Waals surface area contributed by atoms with Crippen molar-refractivity contribution in [2.24, 2.45) is 0 Å². The molecule has 2 N–H and O–H groups in total. The van der Waals surface area contributed by atoms with Crippen molar-refractivity contribution in [2.75, 3.05) is 5.32 Å². The molecular formula is C11H11N5OS. The first-order chi connectivity index (χ1) is 8.83. The molecule has 0 bridgehead atoms. The van der Waals surface area contributed by atoms with Gasteiger partial charge in [-0.25, -0.2) is 0 Å². The number of rotatable bonds is 4. The fourth-order valence-corrected chi connectivity index (χ4v) is 2.09. The summed E-state index contributed by atoms with van der Waals surface area (Å²) in [5, 5.41) is 18.7. The van der Waals surface area contributed by atoms with E-state index in [-0.39, 0.29) is 0 Å². The molecule has 0 aliphatic rings. The Bertz CT molecular complexity index is 627. The second kappa shape index (κ2) is 4.61. The van der Waals surface area contributed by atoms with Crippen molar-refractivity contribution in [1.82, 2.24) is 20.4 Å². The van der Waals surface area contributed by atoms with Gasteiger partial charge < -0.3 is 9.73 Å². The van der Waals surface area contributed by atoms with Crippen LogP contribution >= 0.6 is 11.3 Å². The predicted molar refractivity (Wildman–Crippen MR) is 68.3 cm³/mol. The number of H-pyrrole nitrogens is 1. The molecule has 6 nitrogen and oxygen atoms in total. The molecule has 0 saturated carbocycles. The summed E-state index contributed by atoms with van der Waals surface area (Å²) in [5.74, 6) is 1.67. The van der Waals surface area contributed by atoms with Crippen molar-refractivity contribution in [3.05, 3.63) is 35.2 Å². The molecule has 0 saturated heterocycles. The molecule has 0 spiro atoms. The smallest absolute Gasteiger partial charge is 0.205 e. The number of hydrogen-bond donors (Lipinski definition) is 2. The van der Waals surface area contributed by atoms with Crippen LogP contribution in [0.2, 0.25) is 0 Å². The number of nitrogens with zero attached hydrogens (tertiary/aromatic N) is 3. The Morgan fingerprint density at radius 1 is 1.44 bits per heavy atom. The molecule has 0 aliphatic heterocycles. The number of nitrogens with one attached hydrogen (secondary N) is 2. The van der Waals surface area contributed by atoms with Gasteiger partial charge in [-0.2, -0.15) is 5.10 Å². The maximum Gasteiger partial charge on any atom is 0.205 e. The molecule has 0 atom stereocenters. The topological polar surface area (TPSA) is 79.6 Å². The van der Waals surface area contributed by atoms with Crippen LogP contribution in [0, 0.1) is 6.92 Å². The highest BCUT2D eigenvalue weighted by molar-refractivity contribution is 7.13. The van der Waals surface area contributed by atoms with E-state index in [2.05, 4.69) is 25.7 Å². The van der Waals surface area contributed by atoms with Crippen LogP contribution in [0.25, 0.3) is 11.5 Å². The molecule has 0 aromatic carbocycles. The van der Waals surface area contributed by atoms with Gasteiger partial charge in [0.05, 0.1) is 6.20 Å². The van der Waals surface area contributed by atoms with E-state index in [1.54, 1.807) is 11.7 Å². The van der Waals surface area contributed by atoms with Crippen LogP contribution < -0.4 is 5.32 Å². The van der Waals surface area contributed by atoms with E-state index in [0.717, 1.165) is 27.9 Å². The SMILES string of the molecule is Cc1ccc(-c2[nH]ncc2CNc2nncs2)o1. The van der Waals surface area contributed by atoms with E-state index in [1.807, 2.05) is 19.1 Å². The van der Waals surface area contributed by atoms with Crippen LogP contribution in [-0.4, -0.2) is 20.4 Å². The molecule has 3 rings (SSSR count). The fraction of sp³-hybridized carbons (Fsp3) is 0.182. The lowest BCUT2D eigenvalue weighted by Gasteiger charge is -2.01. The first kappa shape index (κ1) is 11.0. The van der Waals surface area contributed by atoms with E-state index in [1.165, 1.54) is 11.3 Å². The maximum absolute atomic E-state index is 5.58. The molecule has 18 heavy (non-hydrogen) atoms. The molecule has 0 fully saturated rings. The van der Waals surface area contributed by atoms with Crippen LogP contribution in [0.5, 0.6) is 0 Å². The van der Waals surface area contributed by atoms with Crippen LogP contribution in [-0.2, 0) is 6.54 Å². The molecular weight excluding hydrogens is 250 g/mol. The van der Waals surface area contributed by atoms with Crippen molar-refractivity contribution in [1.29, 1.82) is 0 Å². The molecule has 92 valence electrons. The molecule has 0 aliphatic carbocycles. The zero-order valence-corrected chi connectivity index (χ0v) is 10.5. The van der Waals surface area contributed by atoms with Gasteiger partial charge in [0.15, 0.2) is 5.76 Å². The summed E-state index contributed by atoms with van der Waals surface area (Å²) in [6.45, 7) is 2.54. The Kier molecular flexibility index (Phi) is 2.81. The largest absolute Gasteiger partial charge is 0.460 e. The Morgan fingerprint density at radius 2 is 2.39 bits per heavy atom. The third-order valence-corrected chi connectivity index (χ3v) is 3.14. The quantitative estimate of drug-likeness (QED) is 0.754. The summed E-state index contributed by atoms with van der Waals surface area (Å²) >= 11 is 1.46. The van der Waals surface area contributed by atoms with Gasteiger partial charge in [-0.05, 0) is 19.1 Å². The number of anilines is 1. The minimum absolute atomic E-state index is 0.626. The van der Waals surface area contributed by atoms with Crippen LogP contribution in [0.4, 0.5) is 5.13 Å². The van der Waals surface area contributed by atoms with Gasteiger partial charge in [0.2, 0.25) is 5.13 Å². The Hall–Kier alpha value is -2.15. The van der Waals surface area contributed by atoms with Gasteiger partial charge in [0.25, 0.3) is 0 Å². The molecule has 7 heteroatoms. The lowest BCUT2D eigenvalue weighted by atomic mass is 10.2. The van der Waals surface area contributed by atoms with E-state index in [0.29, 0.717) is 6.54 Å². The monoisotopic (exact) mass is 261 g/mol. The maximum atomic E-state index is 5.58. The minimum atomic E-state index is 0.626. The standard InChI is InChI=1S/C11H11N5OS/c1-7-2-3-9(17-7)10-8(5-13-15-10)4-12-11-16-14-6-18-11/h2-3,5-6H,4H2,1H3,(H,12,16)(H,13,15). The lowest BCUT2D eigenvalue weighted by molar-refractivity contribution is 0.545. The number of hydrogen-bond acceptors (Lipinski definition) is 6. The van der Waals surface area contributed by atoms with Crippen molar-refractivity contribution in [3.8, 4) is 11.5 Å². The van der Waals surface area contributed by atoms with Gasteiger partial charge in [0, 0.05) is 12.1 Å². The number of furan rings is 1. The van der Waals surface area contributed by atoms with Gasteiger partial charge in [0.1, 0.15) is 17.0 Å². The summed E-state index contributed by atoms with van der Waals surface area (Å²) in [4.78, 5) is 0. The summed E-state index contributed by atoms with van der Waals surface area (Å²) < 4.78 is 5.58. The van der Waals surface area contributed by atoms with Gasteiger partial charge in [-0.15, -0.1) is 10.2 Å². The Balaban J connectivity index is 1.79. The highest BCUT2D eigenvalue weighted by Crippen LogP contribution is 2.24. The number of aryl methyl sites for hydroxylation is 1. The van der Waals surface area contributed by atoms with Crippen molar-refractivity contribution < 1.29 is 4.42 Å². The van der Waals surface area contributed by atoms with Crippen molar-refractivity contribution >= 4 is 16.5 Å². The normalized spacial score (nSPS) is 10.7. The second-order valence-electron chi connectivity index (χ2n) is 3.78. The van der Waals surface area contributed by atoms with E-state index < -0.39 is 0 Å². The molecule has 3 aromatic heterocycles. The first-order valence-electron chi connectivity index (χ1n) is 5.42. The van der Waals surface area contributed by atoms with E-state index in [4.69, 9.17) is 4.42 Å². The molecule has 3 aromatic rings. The third kappa shape index (κ3) is 2.12. The third-order valence-electron chi connectivity index (χ3n) is 2.49. The van der Waals surface area contributed by atoms with E-state index in [9.17, 15) is 0 Å². The average Bonchev–Trinajstić information content (AvgIpc) is 3.07. The molecule has 0 radical (unpaired) electrons. The summed E-state index contributed by atoms with van der Waals surface area (Å²) in [7, 11) is 0. The summed E-state index contributed by atoms with van der Waals surface area (Å²) in [6, 6.07) is 3.86. The van der Waals surface area contributed by atoms with Crippen LogP contribution in [0.1, 0.15) is 11.3 Å². The average molecular weight is 261 g/mol. The van der Waals surface area contributed by atoms with Crippen LogP contribution in [0.3, 0.4) is 0 Å². The highest BCUT2D eigenvalue weighted by atomic mass is 32.1. The lowest BCUT2D eigenvalue weighted by Crippen LogP contribution is -1.99. The molecule has 0 amide bonds. The predicted octanol–water partition coefficient (Wildman–Crippen LogP) is 2.44. The van der Waals surface area contributed by atoms with Crippen LogP contribution in [0.15, 0.2) is 28.3 Å². The van der Waals surface area contributed by atoms with Gasteiger partial charge in [-0.3, -0.25) is 5.10 Å². The van der Waals surface area contributed by atoms with Crippen molar-refractivity contribution in [3.63, 3.8) is 0 Å².